The molecule has 3 heterocycles. The number of benzene rings is 2. The molecule has 0 saturated carbocycles. The summed E-state index contributed by atoms with van der Waals surface area (Å²) in [6.45, 7) is 2.45. The first kappa shape index (κ1) is 20.9. The smallest absolute Gasteiger partial charge is 0.272 e. The molecule has 2 aromatic heterocycles. The number of aromatic nitrogens is 2. The first-order valence-electron chi connectivity index (χ1n) is 10.6. The van der Waals surface area contributed by atoms with Crippen LogP contribution in [0.1, 0.15) is 28.9 Å². The standard InChI is InChI=1S/C25H22FIN4O/c26-19-5-3-4-17(12-19)16-31-22-8-6-20(27)13-18(22)14-23(31)25(32)29-21-7-9-24(28-15-21)30-10-1-2-11-30/h3-9,12-15H,1-2,10-11,16H2,(H,29,32). The van der Waals surface area contributed by atoms with Gasteiger partial charge in [0.2, 0.25) is 0 Å². The van der Waals surface area contributed by atoms with E-state index in [-0.39, 0.29) is 11.7 Å². The van der Waals surface area contributed by atoms with Crippen LogP contribution in [0, 0.1) is 9.39 Å². The van der Waals surface area contributed by atoms with Gasteiger partial charge in [-0.15, -0.1) is 0 Å². The monoisotopic (exact) mass is 540 g/mol. The van der Waals surface area contributed by atoms with Crippen molar-refractivity contribution in [2.75, 3.05) is 23.3 Å². The van der Waals surface area contributed by atoms with Crippen LogP contribution in [0.5, 0.6) is 0 Å². The van der Waals surface area contributed by atoms with Crippen LogP contribution in [-0.2, 0) is 6.54 Å². The SMILES string of the molecule is O=C(Nc1ccc(N2CCCC2)nc1)c1cc2cc(I)ccc2n1Cc1cccc(F)c1. The number of amides is 1. The molecule has 1 aliphatic heterocycles. The molecule has 1 amide bonds. The Kier molecular flexibility index (Phi) is 5.82. The lowest BCUT2D eigenvalue weighted by Crippen LogP contribution is -2.20. The summed E-state index contributed by atoms with van der Waals surface area (Å²) in [5.41, 5.74) is 2.90. The number of hydrogen-bond acceptors (Lipinski definition) is 3. The Hall–Kier alpha value is -2.94. The number of carbonyl (C=O) groups is 1. The van der Waals surface area contributed by atoms with Crippen LogP contribution in [0.2, 0.25) is 0 Å². The van der Waals surface area contributed by atoms with Crippen LogP contribution in [0.3, 0.4) is 0 Å². The third kappa shape index (κ3) is 4.34. The topological polar surface area (TPSA) is 50.2 Å². The van der Waals surface area contributed by atoms with E-state index in [0.29, 0.717) is 17.9 Å². The van der Waals surface area contributed by atoms with Gasteiger partial charge in [0.25, 0.3) is 5.91 Å². The van der Waals surface area contributed by atoms with Gasteiger partial charge in [-0.3, -0.25) is 4.79 Å². The second-order valence-corrected chi connectivity index (χ2v) is 9.25. The van der Waals surface area contributed by atoms with Gasteiger partial charge in [-0.2, -0.15) is 0 Å². The fourth-order valence-corrected chi connectivity index (χ4v) is 4.72. The number of nitrogens with zero attached hydrogens (tertiary/aromatic N) is 3. The molecule has 5 nitrogen and oxygen atoms in total. The largest absolute Gasteiger partial charge is 0.357 e. The molecule has 162 valence electrons. The number of anilines is 2. The lowest BCUT2D eigenvalue weighted by Gasteiger charge is -2.16. The molecule has 7 heteroatoms. The van der Waals surface area contributed by atoms with Crippen LogP contribution in [0.25, 0.3) is 10.9 Å². The van der Waals surface area contributed by atoms with Gasteiger partial charge < -0.3 is 14.8 Å². The highest BCUT2D eigenvalue weighted by Crippen LogP contribution is 2.25. The molecule has 1 fully saturated rings. The molecule has 32 heavy (non-hydrogen) atoms. The van der Waals surface area contributed by atoms with Crippen LogP contribution in [0.4, 0.5) is 15.9 Å². The van der Waals surface area contributed by atoms with E-state index < -0.39 is 0 Å². The molecule has 1 N–H and O–H groups in total. The second-order valence-electron chi connectivity index (χ2n) is 8.00. The molecule has 1 aliphatic rings. The Labute approximate surface area is 199 Å². The normalized spacial score (nSPS) is 13.6. The molecule has 2 aromatic carbocycles. The summed E-state index contributed by atoms with van der Waals surface area (Å²) >= 11 is 2.26. The summed E-state index contributed by atoms with van der Waals surface area (Å²) in [6, 6.07) is 18.3. The first-order chi connectivity index (χ1) is 15.6. The molecular formula is C25H22FIN4O. The maximum absolute atomic E-state index is 13.8. The second kappa shape index (κ2) is 8.90. The van der Waals surface area contributed by atoms with Gasteiger partial charge in [0.1, 0.15) is 17.3 Å². The number of hydrogen-bond donors (Lipinski definition) is 1. The van der Waals surface area contributed by atoms with Crippen molar-refractivity contribution >= 4 is 50.9 Å². The van der Waals surface area contributed by atoms with E-state index in [1.165, 1.54) is 25.0 Å². The van der Waals surface area contributed by atoms with Crippen LogP contribution < -0.4 is 10.2 Å². The zero-order chi connectivity index (χ0) is 22.1. The third-order valence-electron chi connectivity index (χ3n) is 5.76. The Morgan fingerprint density at radius 3 is 2.66 bits per heavy atom. The van der Waals surface area contributed by atoms with Gasteiger partial charge in [-0.25, -0.2) is 9.37 Å². The third-order valence-corrected chi connectivity index (χ3v) is 6.43. The molecule has 0 spiro atoms. The molecule has 0 aliphatic carbocycles. The van der Waals surface area contributed by atoms with Gasteiger partial charge in [0.05, 0.1) is 11.9 Å². The number of fused-ring (bicyclic) bond motifs is 1. The Morgan fingerprint density at radius 1 is 1.06 bits per heavy atom. The van der Waals surface area contributed by atoms with E-state index in [0.717, 1.165) is 38.9 Å². The van der Waals surface area contributed by atoms with E-state index >= 15 is 0 Å². The van der Waals surface area contributed by atoms with Crippen LogP contribution in [0.15, 0.2) is 66.9 Å². The lowest BCUT2D eigenvalue weighted by atomic mass is 10.2. The summed E-state index contributed by atoms with van der Waals surface area (Å²) < 4.78 is 16.8. The highest BCUT2D eigenvalue weighted by Gasteiger charge is 2.18. The lowest BCUT2D eigenvalue weighted by molar-refractivity contribution is 0.101. The van der Waals surface area contributed by atoms with Crippen molar-refractivity contribution in [3.63, 3.8) is 0 Å². The molecule has 0 atom stereocenters. The number of halogens is 2. The van der Waals surface area contributed by atoms with Gasteiger partial charge in [0.15, 0.2) is 0 Å². The molecular weight excluding hydrogens is 518 g/mol. The minimum atomic E-state index is -0.288. The van der Waals surface area contributed by atoms with Crippen molar-refractivity contribution < 1.29 is 9.18 Å². The highest BCUT2D eigenvalue weighted by molar-refractivity contribution is 14.1. The quantitative estimate of drug-likeness (QED) is 0.332. The molecule has 0 radical (unpaired) electrons. The van der Waals surface area contributed by atoms with Gasteiger partial charge in [-0.1, -0.05) is 12.1 Å². The van der Waals surface area contributed by atoms with E-state index in [2.05, 4.69) is 37.8 Å². The zero-order valence-electron chi connectivity index (χ0n) is 17.4. The van der Waals surface area contributed by atoms with Gasteiger partial charge in [0, 0.05) is 34.1 Å². The summed E-state index contributed by atoms with van der Waals surface area (Å²) in [7, 11) is 0. The Bertz CT molecular complexity index is 1280. The molecule has 1 saturated heterocycles. The Balaban J connectivity index is 1.45. The van der Waals surface area contributed by atoms with Crippen molar-refractivity contribution in [1.29, 1.82) is 0 Å². The molecule has 5 rings (SSSR count). The average molecular weight is 540 g/mol. The van der Waals surface area contributed by atoms with Crippen molar-refractivity contribution in [2.24, 2.45) is 0 Å². The number of carbonyl (C=O) groups excluding carboxylic acids is 1. The minimum absolute atomic E-state index is 0.219. The summed E-state index contributed by atoms with van der Waals surface area (Å²) in [5, 5.41) is 3.95. The highest BCUT2D eigenvalue weighted by atomic mass is 127. The van der Waals surface area contributed by atoms with Crippen molar-refractivity contribution in [3.05, 3.63) is 87.5 Å². The summed E-state index contributed by atoms with van der Waals surface area (Å²) in [4.78, 5) is 20.0. The fourth-order valence-electron chi connectivity index (χ4n) is 4.21. The summed E-state index contributed by atoms with van der Waals surface area (Å²) in [6.07, 6.45) is 4.08. The van der Waals surface area contributed by atoms with E-state index in [1.807, 2.05) is 47.0 Å². The van der Waals surface area contributed by atoms with Gasteiger partial charge in [-0.05, 0) is 89.5 Å². The zero-order valence-corrected chi connectivity index (χ0v) is 19.5. The van der Waals surface area contributed by atoms with Crippen molar-refractivity contribution in [3.8, 4) is 0 Å². The average Bonchev–Trinajstić information content (AvgIpc) is 3.43. The number of nitrogens with one attached hydrogen (secondary N) is 1. The molecule has 4 aromatic rings. The number of pyridine rings is 1. The van der Waals surface area contributed by atoms with E-state index in [1.54, 1.807) is 12.3 Å². The van der Waals surface area contributed by atoms with Gasteiger partial charge >= 0.3 is 0 Å². The van der Waals surface area contributed by atoms with Crippen molar-refractivity contribution in [2.45, 2.75) is 19.4 Å². The van der Waals surface area contributed by atoms with Crippen LogP contribution in [-0.4, -0.2) is 28.5 Å². The summed E-state index contributed by atoms with van der Waals surface area (Å²) in [5.74, 6) is 0.433. The molecule has 0 unspecified atom stereocenters. The predicted octanol–water partition coefficient (Wildman–Crippen LogP) is 5.68. The van der Waals surface area contributed by atoms with E-state index in [9.17, 15) is 9.18 Å². The van der Waals surface area contributed by atoms with Crippen molar-refractivity contribution in [1.82, 2.24) is 9.55 Å². The van der Waals surface area contributed by atoms with E-state index in [4.69, 9.17) is 0 Å². The number of rotatable bonds is 5. The van der Waals surface area contributed by atoms with Crippen LogP contribution >= 0.6 is 22.6 Å². The predicted molar refractivity (Wildman–Crippen MR) is 134 cm³/mol. The minimum Gasteiger partial charge on any atom is -0.357 e. The Morgan fingerprint density at radius 2 is 1.91 bits per heavy atom. The maximum Gasteiger partial charge on any atom is 0.272 e. The first-order valence-corrected chi connectivity index (χ1v) is 11.7. The maximum atomic E-state index is 13.8. The fraction of sp³-hybridized carbons (Fsp3) is 0.200. The molecule has 0 bridgehead atoms.